The number of amides is 1. The first-order valence-electron chi connectivity index (χ1n) is 13.5. The Kier molecular flexibility index (Phi) is 8.48. The summed E-state index contributed by atoms with van der Waals surface area (Å²) in [5.74, 6) is 1.68. The maximum atomic E-state index is 12.6. The molecule has 0 aliphatic carbocycles. The third-order valence-corrected chi connectivity index (χ3v) is 6.80. The molecule has 2 N–H and O–H groups in total. The van der Waals surface area contributed by atoms with E-state index in [9.17, 15) is 4.79 Å². The van der Waals surface area contributed by atoms with Crippen molar-refractivity contribution < 1.29 is 9.53 Å². The first-order valence-corrected chi connectivity index (χ1v) is 13.5. The van der Waals surface area contributed by atoms with E-state index in [1.165, 1.54) is 27.8 Å². The normalized spacial score (nSPS) is 12.4. The van der Waals surface area contributed by atoms with Crippen molar-refractivity contribution in [3.8, 4) is 16.9 Å². The zero-order valence-corrected chi connectivity index (χ0v) is 24.0. The lowest BCUT2D eigenvalue weighted by molar-refractivity contribution is 0.0949. The van der Waals surface area contributed by atoms with Crippen molar-refractivity contribution in [2.24, 2.45) is 5.41 Å². The summed E-state index contributed by atoms with van der Waals surface area (Å²) in [5, 5.41) is 16.3. The van der Waals surface area contributed by atoms with Crippen molar-refractivity contribution in [1.82, 2.24) is 25.9 Å². The van der Waals surface area contributed by atoms with Crippen molar-refractivity contribution in [2.75, 3.05) is 0 Å². The molecule has 0 aliphatic rings. The van der Waals surface area contributed by atoms with Gasteiger partial charge in [0.1, 0.15) is 11.9 Å². The van der Waals surface area contributed by atoms with E-state index in [0.29, 0.717) is 17.3 Å². The average Bonchev–Trinajstić information content (AvgIpc) is 3.40. The Hall–Kier alpha value is -4.00. The Balaban J connectivity index is 1.53. The molecule has 0 radical (unpaired) electrons. The van der Waals surface area contributed by atoms with Gasteiger partial charge in [-0.25, -0.2) is 5.10 Å². The summed E-state index contributed by atoms with van der Waals surface area (Å²) in [4.78, 5) is 12.6. The van der Waals surface area contributed by atoms with E-state index < -0.39 is 0 Å². The summed E-state index contributed by atoms with van der Waals surface area (Å²) in [6, 6.07) is 20.8. The molecule has 1 heterocycles. The molecule has 0 fully saturated rings. The van der Waals surface area contributed by atoms with Crippen LogP contribution in [0.4, 0.5) is 0 Å². The third kappa shape index (κ3) is 7.31. The molecular weight excluding hydrogens is 486 g/mol. The predicted molar refractivity (Wildman–Crippen MR) is 155 cm³/mol. The molecule has 7 nitrogen and oxygen atoms in total. The van der Waals surface area contributed by atoms with Crippen molar-refractivity contribution in [2.45, 2.75) is 73.5 Å². The quantitative estimate of drug-likeness (QED) is 0.243. The summed E-state index contributed by atoms with van der Waals surface area (Å²) in [6.45, 7) is 15.6. The van der Waals surface area contributed by atoms with Gasteiger partial charge in [-0.1, -0.05) is 71.0 Å². The standard InChI is InChI=1S/C32H39N5O2/c1-20(2)23-8-12-25(13-9-23)30-21(3)16-27(17-22(30)4)39-28(18-32(5,6)7)24-10-14-26(15-11-24)31(38)33-19-29-34-36-37-35-29/h8-17,20,28H,18-19H2,1-7H3,(H,33,38)(H,34,35,36,37). The molecule has 3 aromatic carbocycles. The summed E-state index contributed by atoms with van der Waals surface area (Å²) >= 11 is 0. The minimum Gasteiger partial charge on any atom is -0.486 e. The van der Waals surface area contributed by atoms with Crippen LogP contribution in [0, 0.1) is 19.3 Å². The Labute approximate surface area is 231 Å². The number of nitrogens with one attached hydrogen (secondary N) is 2. The highest BCUT2D eigenvalue weighted by Gasteiger charge is 2.23. The van der Waals surface area contributed by atoms with Gasteiger partial charge in [-0.3, -0.25) is 4.79 Å². The number of rotatable bonds is 9. The minimum absolute atomic E-state index is 0.0496. The molecule has 1 unspecified atom stereocenters. The number of carbonyl (C=O) groups is 1. The van der Waals surface area contributed by atoms with Crippen LogP contribution >= 0.6 is 0 Å². The second-order valence-electron chi connectivity index (χ2n) is 11.7. The van der Waals surface area contributed by atoms with Crippen molar-refractivity contribution >= 4 is 5.91 Å². The molecule has 0 saturated heterocycles. The number of tetrazole rings is 1. The Morgan fingerprint density at radius 2 is 1.56 bits per heavy atom. The highest BCUT2D eigenvalue weighted by molar-refractivity contribution is 5.94. The van der Waals surface area contributed by atoms with Crippen LogP contribution in [0.3, 0.4) is 0 Å². The first-order chi connectivity index (χ1) is 18.5. The first kappa shape index (κ1) is 28.0. The molecule has 0 spiro atoms. The fourth-order valence-corrected chi connectivity index (χ4v) is 4.80. The van der Waals surface area contributed by atoms with E-state index >= 15 is 0 Å². The zero-order valence-electron chi connectivity index (χ0n) is 24.0. The third-order valence-electron chi connectivity index (χ3n) is 6.80. The Bertz CT molecular complexity index is 1360. The van der Waals surface area contributed by atoms with E-state index in [0.717, 1.165) is 17.7 Å². The van der Waals surface area contributed by atoms with E-state index in [2.05, 4.69) is 111 Å². The fraction of sp³-hybridized carbons (Fsp3) is 0.375. The zero-order chi connectivity index (χ0) is 28.2. The maximum absolute atomic E-state index is 12.6. The summed E-state index contributed by atoms with van der Waals surface area (Å²) in [7, 11) is 0. The molecule has 1 amide bonds. The minimum atomic E-state index is -0.186. The second kappa shape index (κ2) is 11.8. The molecular formula is C32H39N5O2. The lowest BCUT2D eigenvalue weighted by Crippen LogP contribution is -2.23. The number of aryl methyl sites for hydroxylation is 2. The van der Waals surface area contributed by atoms with Gasteiger partial charge in [0.05, 0.1) is 6.54 Å². The van der Waals surface area contributed by atoms with Gasteiger partial charge in [-0.2, -0.15) is 0 Å². The second-order valence-corrected chi connectivity index (χ2v) is 11.7. The fourth-order valence-electron chi connectivity index (χ4n) is 4.80. The van der Waals surface area contributed by atoms with E-state index in [1.807, 2.05) is 24.3 Å². The monoisotopic (exact) mass is 525 g/mol. The van der Waals surface area contributed by atoms with Gasteiger partial charge in [-0.05, 0) is 99.7 Å². The van der Waals surface area contributed by atoms with Crippen LogP contribution in [0.15, 0.2) is 60.7 Å². The smallest absolute Gasteiger partial charge is 0.251 e. The molecule has 1 aromatic heterocycles. The van der Waals surface area contributed by atoms with Crippen LogP contribution in [0.25, 0.3) is 11.1 Å². The largest absolute Gasteiger partial charge is 0.486 e. The summed E-state index contributed by atoms with van der Waals surface area (Å²) in [6.07, 6.45) is 0.672. The number of H-pyrrole nitrogens is 1. The maximum Gasteiger partial charge on any atom is 0.251 e. The van der Waals surface area contributed by atoms with E-state index in [4.69, 9.17) is 4.74 Å². The number of hydrogen-bond donors (Lipinski definition) is 2. The number of carbonyl (C=O) groups excluding carboxylic acids is 1. The Morgan fingerprint density at radius 3 is 2.10 bits per heavy atom. The Morgan fingerprint density at radius 1 is 0.949 bits per heavy atom. The van der Waals surface area contributed by atoms with Gasteiger partial charge < -0.3 is 10.1 Å². The van der Waals surface area contributed by atoms with Gasteiger partial charge in [0.25, 0.3) is 5.91 Å². The number of aromatic nitrogens is 4. The molecule has 4 aromatic rings. The number of ether oxygens (including phenoxy) is 1. The molecule has 204 valence electrons. The summed E-state index contributed by atoms with van der Waals surface area (Å²) in [5.41, 5.74) is 7.84. The molecule has 0 bridgehead atoms. The molecule has 0 aliphatic heterocycles. The highest BCUT2D eigenvalue weighted by atomic mass is 16.5. The number of aromatic amines is 1. The van der Waals surface area contributed by atoms with Crippen LogP contribution in [0.1, 0.15) is 91.5 Å². The lowest BCUT2D eigenvalue weighted by atomic mass is 9.86. The van der Waals surface area contributed by atoms with Crippen LogP contribution < -0.4 is 10.1 Å². The molecule has 0 saturated carbocycles. The molecule has 4 rings (SSSR count). The number of benzene rings is 3. The van der Waals surface area contributed by atoms with Gasteiger partial charge in [-0.15, -0.1) is 5.10 Å². The van der Waals surface area contributed by atoms with Gasteiger partial charge >= 0.3 is 0 Å². The van der Waals surface area contributed by atoms with Crippen LogP contribution in [0.5, 0.6) is 5.75 Å². The van der Waals surface area contributed by atoms with Crippen LogP contribution in [-0.2, 0) is 6.54 Å². The lowest BCUT2D eigenvalue weighted by Gasteiger charge is -2.28. The average molecular weight is 526 g/mol. The molecule has 1 atom stereocenters. The predicted octanol–water partition coefficient (Wildman–Crippen LogP) is 7.09. The van der Waals surface area contributed by atoms with Crippen LogP contribution in [-0.4, -0.2) is 26.5 Å². The summed E-state index contributed by atoms with van der Waals surface area (Å²) < 4.78 is 6.65. The van der Waals surface area contributed by atoms with Gasteiger partial charge in [0, 0.05) is 5.56 Å². The van der Waals surface area contributed by atoms with Gasteiger partial charge in [0.15, 0.2) is 5.82 Å². The van der Waals surface area contributed by atoms with Crippen molar-refractivity contribution in [3.63, 3.8) is 0 Å². The van der Waals surface area contributed by atoms with E-state index in [1.54, 1.807) is 0 Å². The van der Waals surface area contributed by atoms with E-state index in [-0.39, 0.29) is 24.0 Å². The van der Waals surface area contributed by atoms with Crippen molar-refractivity contribution in [1.29, 1.82) is 0 Å². The molecule has 39 heavy (non-hydrogen) atoms. The number of hydrogen-bond acceptors (Lipinski definition) is 5. The molecule has 7 heteroatoms. The highest BCUT2D eigenvalue weighted by Crippen LogP contribution is 2.37. The topological polar surface area (TPSA) is 92.8 Å². The van der Waals surface area contributed by atoms with Crippen molar-refractivity contribution in [3.05, 3.63) is 94.3 Å². The number of nitrogens with zero attached hydrogens (tertiary/aromatic N) is 3. The van der Waals surface area contributed by atoms with Crippen LogP contribution in [0.2, 0.25) is 0 Å². The van der Waals surface area contributed by atoms with Gasteiger partial charge in [0.2, 0.25) is 0 Å². The SMILES string of the molecule is Cc1cc(OC(CC(C)(C)C)c2ccc(C(=O)NCc3nnn[nH]3)cc2)cc(C)c1-c1ccc(C(C)C)cc1.